The van der Waals surface area contributed by atoms with Crippen molar-refractivity contribution < 1.29 is 10.2 Å². The van der Waals surface area contributed by atoms with Gasteiger partial charge in [-0.1, -0.05) is 6.92 Å². The average molecular weight is 301 g/mol. The van der Waals surface area contributed by atoms with Crippen LogP contribution in [0.3, 0.4) is 0 Å². The van der Waals surface area contributed by atoms with Crippen LogP contribution in [0.5, 0.6) is 0 Å². The molecule has 2 rings (SSSR count). The molecule has 7 heteroatoms. The third-order valence-corrected chi connectivity index (χ3v) is 4.58. The van der Waals surface area contributed by atoms with Crippen molar-refractivity contribution in [2.45, 2.75) is 31.0 Å². The summed E-state index contributed by atoms with van der Waals surface area (Å²) >= 11 is 3.09. The van der Waals surface area contributed by atoms with Crippen LogP contribution >= 0.6 is 23.1 Å². The largest absolute Gasteiger partial charge is 0.394 e. The summed E-state index contributed by atoms with van der Waals surface area (Å²) in [6.45, 7) is 3.67. The van der Waals surface area contributed by atoms with Crippen LogP contribution in [0, 0.1) is 0 Å². The van der Waals surface area contributed by atoms with Gasteiger partial charge in [0.25, 0.3) is 0 Å². The van der Waals surface area contributed by atoms with Gasteiger partial charge in [0, 0.05) is 23.9 Å². The Labute approximate surface area is 120 Å². The number of fused-ring (bicyclic) bond motifs is 1. The number of thiazole rings is 1. The molecule has 1 unspecified atom stereocenters. The molecule has 3 N–H and O–H groups in total. The third kappa shape index (κ3) is 3.70. The second kappa shape index (κ2) is 7.25. The fourth-order valence-corrected chi connectivity index (χ4v) is 3.44. The minimum atomic E-state index is -0.693. The zero-order valence-corrected chi connectivity index (χ0v) is 12.5. The van der Waals surface area contributed by atoms with Crippen molar-refractivity contribution in [3.63, 3.8) is 0 Å². The van der Waals surface area contributed by atoms with Gasteiger partial charge in [0.05, 0.1) is 18.4 Å². The number of nitrogens with one attached hydrogen (secondary N) is 1. The van der Waals surface area contributed by atoms with Gasteiger partial charge < -0.3 is 15.5 Å². The van der Waals surface area contributed by atoms with Crippen molar-refractivity contribution in [2.75, 3.05) is 18.9 Å². The highest BCUT2D eigenvalue weighted by molar-refractivity contribution is 7.99. The highest BCUT2D eigenvalue weighted by Crippen LogP contribution is 2.26. The molecule has 0 spiro atoms. The van der Waals surface area contributed by atoms with E-state index in [4.69, 9.17) is 5.11 Å². The molecule has 106 valence electrons. The Morgan fingerprint density at radius 2 is 2.42 bits per heavy atom. The maximum atomic E-state index is 9.43. The number of nitrogens with zero attached hydrogens (tertiary/aromatic N) is 2. The minimum Gasteiger partial charge on any atom is -0.394 e. The molecule has 0 aliphatic rings. The average Bonchev–Trinajstić information content (AvgIpc) is 2.98. The van der Waals surface area contributed by atoms with E-state index in [1.54, 1.807) is 11.3 Å². The number of rotatable bonds is 8. The van der Waals surface area contributed by atoms with Gasteiger partial charge >= 0.3 is 0 Å². The van der Waals surface area contributed by atoms with E-state index in [0.29, 0.717) is 5.75 Å². The Balaban J connectivity index is 2.11. The van der Waals surface area contributed by atoms with Crippen molar-refractivity contribution in [3.8, 4) is 0 Å². The van der Waals surface area contributed by atoms with E-state index in [1.807, 2.05) is 11.6 Å². The summed E-state index contributed by atoms with van der Waals surface area (Å²) in [6, 6.07) is 0. The molecule has 2 heterocycles. The first-order chi connectivity index (χ1) is 9.26. The predicted octanol–water partition coefficient (Wildman–Crippen LogP) is 1.34. The van der Waals surface area contributed by atoms with Crippen molar-refractivity contribution in [2.24, 2.45) is 0 Å². The monoisotopic (exact) mass is 301 g/mol. The standard InChI is InChI=1S/C12H19N3O2S2/c1-2-3-13-6-10-11(19-8-9(17)7-16)14-12-15(10)4-5-18-12/h4-5,9,13,16-17H,2-3,6-8H2,1H3. The summed E-state index contributed by atoms with van der Waals surface area (Å²) in [7, 11) is 0. The molecule has 0 bridgehead atoms. The van der Waals surface area contributed by atoms with E-state index in [2.05, 4.69) is 21.6 Å². The predicted molar refractivity (Wildman–Crippen MR) is 78.9 cm³/mol. The Morgan fingerprint density at radius 1 is 1.58 bits per heavy atom. The molecular formula is C12H19N3O2S2. The Morgan fingerprint density at radius 3 is 3.16 bits per heavy atom. The van der Waals surface area contributed by atoms with Crippen molar-refractivity contribution >= 4 is 28.1 Å². The fraction of sp³-hybridized carbons (Fsp3) is 0.583. The van der Waals surface area contributed by atoms with E-state index in [9.17, 15) is 5.11 Å². The molecule has 0 amide bonds. The summed E-state index contributed by atoms with van der Waals surface area (Å²) in [5.74, 6) is 0.460. The second-order valence-electron chi connectivity index (χ2n) is 4.24. The van der Waals surface area contributed by atoms with Crippen LogP contribution in [-0.4, -0.2) is 44.6 Å². The van der Waals surface area contributed by atoms with Crippen molar-refractivity contribution in [1.29, 1.82) is 0 Å². The lowest BCUT2D eigenvalue weighted by atomic mass is 10.4. The van der Waals surface area contributed by atoms with E-state index in [-0.39, 0.29) is 6.61 Å². The Kier molecular flexibility index (Phi) is 5.65. The van der Waals surface area contributed by atoms with E-state index in [0.717, 1.165) is 35.2 Å². The van der Waals surface area contributed by atoms with Gasteiger partial charge in [-0.25, -0.2) is 4.98 Å². The first kappa shape index (κ1) is 14.8. The van der Waals surface area contributed by atoms with Gasteiger partial charge in [0.1, 0.15) is 5.03 Å². The summed E-state index contributed by atoms with van der Waals surface area (Å²) in [4.78, 5) is 5.54. The van der Waals surface area contributed by atoms with Crippen LogP contribution in [0.15, 0.2) is 16.6 Å². The molecule has 0 radical (unpaired) electrons. The molecule has 2 aromatic rings. The first-order valence-electron chi connectivity index (χ1n) is 6.33. The van der Waals surface area contributed by atoms with Crippen LogP contribution in [0.4, 0.5) is 0 Å². The maximum absolute atomic E-state index is 9.43. The van der Waals surface area contributed by atoms with Gasteiger partial charge in [-0.05, 0) is 13.0 Å². The molecule has 0 fully saturated rings. The summed E-state index contributed by atoms with van der Waals surface area (Å²) in [5, 5.41) is 24.6. The van der Waals surface area contributed by atoms with Crippen LogP contribution in [0.25, 0.3) is 4.96 Å². The van der Waals surface area contributed by atoms with Crippen LogP contribution in [-0.2, 0) is 6.54 Å². The number of hydrogen-bond acceptors (Lipinski definition) is 6. The maximum Gasteiger partial charge on any atom is 0.194 e. The van der Waals surface area contributed by atoms with Crippen molar-refractivity contribution in [1.82, 2.24) is 14.7 Å². The smallest absolute Gasteiger partial charge is 0.194 e. The number of aliphatic hydroxyl groups is 2. The summed E-state index contributed by atoms with van der Waals surface area (Å²) < 4.78 is 2.08. The Bertz CT molecular complexity index is 512. The van der Waals surface area contributed by atoms with Gasteiger partial charge in [-0.15, -0.1) is 23.1 Å². The molecule has 0 aliphatic heterocycles. The number of thioether (sulfide) groups is 1. The quantitative estimate of drug-likeness (QED) is 0.507. The van der Waals surface area contributed by atoms with E-state index in [1.165, 1.54) is 11.8 Å². The molecular weight excluding hydrogens is 282 g/mol. The molecule has 5 nitrogen and oxygen atoms in total. The minimum absolute atomic E-state index is 0.210. The van der Waals surface area contributed by atoms with Crippen LogP contribution < -0.4 is 5.32 Å². The fourth-order valence-electron chi connectivity index (χ4n) is 1.70. The summed E-state index contributed by atoms with van der Waals surface area (Å²) in [5.41, 5.74) is 1.12. The molecule has 0 saturated carbocycles. The van der Waals surface area contributed by atoms with E-state index >= 15 is 0 Å². The van der Waals surface area contributed by atoms with Gasteiger partial charge in [0.2, 0.25) is 0 Å². The molecule has 19 heavy (non-hydrogen) atoms. The molecule has 0 aliphatic carbocycles. The number of aliphatic hydroxyl groups excluding tert-OH is 2. The van der Waals surface area contributed by atoms with Gasteiger partial charge in [-0.3, -0.25) is 4.40 Å². The molecule has 1 atom stereocenters. The zero-order chi connectivity index (χ0) is 13.7. The number of hydrogen-bond donors (Lipinski definition) is 3. The van der Waals surface area contributed by atoms with Gasteiger partial charge in [-0.2, -0.15) is 0 Å². The van der Waals surface area contributed by atoms with Gasteiger partial charge in [0.15, 0.2) is 4.96 Å². The van der Waals surface area contributed by atoms with Crippen LogP contribution in [0.1, 0.15) is 19.0 Å². The third-order valence-electron chi connectivity index (χ3n) is 2.67. The summed E-state index contributed by atoms with van der Waals surface area (Å²) in [6.07, 6.45) is 2.42. The SMILES string of the molecule is CCCNCc1c(SCC(O)CO)nc2sccn12. The number of aromatic nitrogens is 2. The van der Waals surface area contributed by atoms with Crippen LogP contribution in [0.2, 0.25) is 0 Å². The van der Waals surface area contributed by atoms with E-state index < -0.39 is 6.10 Å². The second-order valence-corrected chi connectivity index (χ2v) is 6.13. The lowest BCUT2D eigenvalue weighted by Gasteiger charge is -2.07. The van der Waals surface area contributed by atoms with Crippen molar-refractivity contribution in [3.05, 3.63) is 17.3 Å². The Hall–Kier alpha value is -0.600. The zero-order valence-electron chi connectivity index (χ0n) is 10.9. The highest BCUT2D eigenvalue weighted by atomic mass is 32.2. The topological polar surface area (TPSA) is 69.8 Å². The molecule has 2 aromatic heterocycles. The lowest BCUT2D eigenvalue weighted by Crippen LogP contribution is -2.17. The number of imidazole rings is 1. The molecule has 0 aromatic carbocycles. The highest BCUT2D eigenvalue weighted by Gasteiger charge is 2.14. The lowest BCUT2D eigenvalue weighted by molar-refractivity contribution is 0.113. The first-order valence-corrected chi connectivity index (χ1v) is 8.19. The molecule has 0 saturated heterocycles. The normalized spacial score (nSPS) is 13.2.